The van der Waals surface area contributed by atoms with Gasteiger partial charge in [-0.25, -0.2) is 0 Å². The van der Waals surface area contributed by atoms with Crippen LogP contribution < -0.4 is 20.9 Å². The standard InChI is InChI=1S/C33H30N2O2/c1-36-31-21-27(17-19-29(31)34)33(25-11-7-4-8-12-25,28-18-20-30(35)32(22-28)37-2)26-15-13-24(14-16-26)23-9-5-3-6-10-23/h3-22H,34-35H2,1-2H3. The molecular formula is C33H30N2O2. The van der Waals surface area contributed by atoms with E-state index in [-0.39, 0.29) is 0 Å². The summed E-state index contributed by atoms with van der Waals surface area (Å²) < 4.78 is 11.3. The van der Waals surface area contributed by atoms with E-state index in [0.29, 0.717) is 22.9 Å². The van der Waals surface area contributed by atoms with Crippen molar-refractivity contribution in [1.82, 2.24) is 0 Å². The fourth-order valence-electron chi connectivity index (χ4n) is 5.12. The van der Waals surface area contributed by atoms with Gasteiger partial charge in [-0.3, -0.25) is 0 Å². The molecule has 0 aromatic heterocycles. The normalized spacial score (nSPS) is 11.2. The zero-order valence-electron chi connectivity index (χ0n) is 21.0. The van der Waals surface area contributed by atoms with Gasteiger partial charge in [0.2, 0.25) is 0 Å². The van der Waals surface area contributed by atoms with Crippen LogP contribution in [-0.2, 0) is 5.41 Å². The van der Waals surface area contributed by atoms with Gasteiger partial charge < -0.3 is 20.9 Å². The highest BCUT2D eigenvalue weighted by molar-refractivity contribution is 5.69. The smallest absolute Gasteiger partial charge is 0.142 e. The Bertz CT molecular complexity index is 1440. The van der Waals surface area contributed by atoms with E-state index in [0.717, 1.165) is 27.8 Å². The van der Waals surface area contributed by atoms with Crippen molar-refractivity contribution in [2.45, 2.75) is 5.41 Å². The van der Waals surface area contributed by atoms with Crippen molar-refractivity contribution in [1.29, 1.82) is 0 Å². The molecule has 0 atom stereocenters. The summed E-state index contributed by atoms with van der Waals surface area (Å²) in [7, 11) is 3.28. The molecule has 0 bridgehead atoms. The largest absolute Gasteiger partial charge is 0.495 e. The number of ether oxygens (including phenoxy) is 2. The minimum atomic E-state index is -0.696. The van der Waals surface area contributed by atoms with Crippen molar-refractivity contribution in [3.8, 4) is 22.6 Å². The first-order valence-corrected chi connectivity index (χ1v) is 12.2. The number of nitrogens with two attached hydrogens (primary N) is 2. The SMILES string of the molecule is COc1cc(C(c2ccccc2)(c2ccc(-c3ccccc3)cc2)c2ccc(N)c(OC)c2)ccc1N. The predicted octanol–water partition coefficient (Wildman–Crippen LogP) is 6.92. The van der Waals surface area contributed by atoms with Gasteiger partial charge in [-0.15, -0.1) is 0 Å². The Balaban J connectivity index is 1.85. The molecule has 4 nitrogen and oxygen atoms in total. The molecule has 0 spiro atoms. The van der Waals surface area contributed by atoms with Crippen LogP contribution in [0, 0.1) is 0 Å². The minimum Gasteiger partial charge on any atom is -0.495 e. The summed E-state index contributed by atoms with van der Waals surface area (Å²) in [6.07, 6.45) is 0. The van der Waals surface area contributed by atoms with Crippen LogP contribution in [-0.4, -0.2) is 14.2 Å². The summed E-state index contributed by atoms with van der Waals surface area (Å²) in [6, 6.07) is 41.5. The lowest BCUT2D eigenvalue weighted by molar-refractivity contribution is 0.415. The van der Waals surface area contributed by atoms with Gasteiger partial charge in [-0.1, -0.05) is 97.1 Å². The molecule has 0 saturated heterocycles. The van der Waals surface area contributed by atoms with Gasteiger partial charge in [0.25, 0.3) is 0 Å². The van der Waals surface area contributed by atoms with Crippen molar-refractivity contribution in [2.24, 2.45) is 0 Å². The molecule has 0 heterocycles. The molecule has 4 heteroatoms. The van der Waals surface area contributed by atoms with E-state index in [2.05, 4.69) is 84.9 Å². The average Bonchev–Trinajstić information content (AvgIpc) is 2.96. The zero-order valence-corrected chi connectivity index (χ0v) is 21.0. The third-order valence-electron chi connectivity index (χ3n) is 6.96. The van der Waals surface area contributed by atoms with Gasteiger partial charge in [-0.2, -0.15) is 0 Å². The van der Waals surface area contributed by atoms with E-state index >= 15 is 0 Å². The van der Waals surface area contributed by atoms with Crippen LogP contribution in [0.25, 0.3) is 11.1 Å². The maximum Gasteiger partial charge on any atom is 0.142 e. The Morgan fingerprint density at radius 3 is 1.35 bits per heavy atom. The van der Waals surface area contributed by atoms with Crippen LogP contribution in [0.2, 0.25) is 0 Å². The first-order valence-electron chi connectivity index (χ1n) is 12.2. The minimum absolute atomic E-state index is 0.586. The third kappa shape index (κ3) is 4.27. The summed E-state index contributed by atoms with van der Waals surface area (Å²) in [5.41, 5.74) is 19.5. The molecule has 5 aromatic carbocycles. The second-order valence-electron chi connectivity index (χ2n) is 8.97. The highest BCUT2D eigenvalue weighted by Crippen LogP contribution is 2.48. The number of methoxy groups -OCH3 is 2. The second-order valence-corrected chi connectivity index (χ2v) is 8.97. The van der Waals surface area contributed by atoms with E-state index < -0.39 is 5.41 Å². The van der Waals surface area contributed by atoms with Crippen LogP contribution >= 0.6 is 0 Å². The monoisotopic (exact) mass is 486 g/mol. The van der Waals surface area contributed by atoms with E-state index in [1.54, 1.807) is 14.2 Å². The Hall–Kier alpha value is -4.70. The Morgan fingerprint density at radius 1 is 0.459 bits per heavy atom. The fourth-order valence-corrected chi connectivity index (χ4v) is 5.12. The molecule has 0 amide bonds. The quantitative estimate of drug-likeness (QED) is 0.194. The molecule has 5 rings (SSSR count). The summed E-state index contributed by atoms with van der Waals surface area (Å²) in [5.74, 6) is 1.25. The lowest BCUT2D eigenvalue weighted by Crippen LogP contribution is -2.31. The zero-order chi connectivity index (χ0) is 25.8. The predicted molar refractivity (Wildman–Crippen MR) is 152 cm³/mol. The van der Waals surface area contributed by atoms with Gasteiger partial charge in [0.15, 0.2) is 0 Å². The Labute approximate surface area is 218 Å². The molecule has 0 aliphatic carbocycles. The summed E-state index contributed by atoms with van der Waals surface area (Å²) >= 11 is 0. The van der Waals surface area contributed by atoms with Gasteiger partial charge in [0, 0.05) is 0 Å². The molecule has 0 radical (unpaired) electrons. The highest BCUT2D eigenvalue weighted by Gasteiger charge is 2.39. The molecule has 0 unspecified atom stereocenters. The first kappa shape index (κ1) is 24.0. The second kappa shape index (κ2) is 10.1. The van der Waals surface area contributed by atoms with E-state index in [9.17, 15) is 0 Å². The van der Waals surface area contributed by atoms with Crippen LogP contribution in [0.3, 0.4) is 0 Å². The van der Waals surface area contributed by atoms with Crippen LogP contribution in [0.5, 0.6) is 11.5 Å². The van der Waals surface area contributed by atoms with Crippen LogP contribution in [0.4, 0.5) is 11.4 Å². The summed E-state index contributed by atoms with van der Waals surface area (Å²) in [6.45, 7) is 0. The Kier molecular flexibility index (Phi) is 6.57. The third-order valence-corrected chi connectivity index (χ3v) is 6.96. The molecule has 0 saturated carbocycles. The Morgan fingerprint density at radius 2 is 0.865 bits per heavy atom. The van der Waals surface area contributed by atoms with Gasteiger partial charge >= 0.3 is 0 Å². The molecule has 37 heavy (non-hydrogen) atoms. The molecule has 4 N–H and O–H groups in total. The number of anilines is 2. The van der Waals surface area contributed by atoms with Crippen molar-refractivity contribution >= 4 is 11.4 Å². The molecule has 0 fully saturated rings. The van der Waals surface area contributed by atoms with E-state index in [1.807, 2.05) is 36.4 Å². The average molecular weight is 487 g/mol. The lowest BCUT2D eigenvalue weighted by Gasteiger charge is -2.37. The van der Waals surface area contributed by atoms with E-state index in [1.165, 1.54) is 5.56 Å². The summed E-state index contributed by atoms with van der Waals surface area (Å²) in [5, 5.41) is 0. The molecule has 184 valence electrons. The molecular weight excluding hydrogens is 456 g/mol. The van der Waals surface area contributed by atoms with Crippen molar-refractivity contribution < 1.29 is 9.47 Å². The van der Waals surface area contributed by atoms with E-state index in [4.69, 9.17) is 20.9 Å². The van der Waals surface area contributed by atoms with Crippen LogP contribution in [0.15, 0.2) is 121 Å². The van der Waals surface area contributed by atoms with Gasteiger partial charge in [0.1, 0.15) is 11.5 Å². The number of hydrogen-bond acceptors (Lipinski definition) is 4. The lowest BCUT2D eigenvalue weighted by atomic mass is 9.65. The fraction of sp³-hybridized carbons (Fsp3) is 0.0909. The number of benzene rings is 5. The topological polar surface area (TPSA) is 70.5 Å². The van der Waals surface area contributed by atoms with Crippen molar-refractivity contribution in [3.63, 3.8) is 0 Å². The van der Waals surface area contributed by atoms with Gasteiger partial charge in [-0.05, 0) is 57.6 Å². The van der Waals surface area contributed by atoms with Crippen LogP contribution in [0.1, 0.15) is 22.3 Å². The first-order chi connectivity index (χ1) is 18.1. The summed E-state index contributed by atoms with van der Waals surface area (Å²) in [4.78, 5) is 0. The van der Waals surface area contributed by atoms with Crippen molar-refractivity contribution in [2.75, 3.05) is 25.7 Å². The molecule has 5 aromatic rings. The highest BCUT2D eigenvalue weighted by atomic mass is 16.5. The van der Waals surface area contributed by atoms with Crippen molar-refractivity contribution in [3.05, 3.63) is 144 Å². The molecule has 0 aliphatic rings. The molecule has 0 aliphatic heterocycles. The number of nitrogen functional groups attached to an aromatic ring is 2. The maximum atomic E-state index is 6.25. The van der Waals surface area contributed by atoms with Gasteiger partial charge in [0.05, 0.1) is 31.0 Å². The number of rotatable bonds is 7. The maximum absolute atomic E-state index is 6.25. The number of hydrogen-bond donors (Lipinski definition) is 2.